The lowest BCUT2D eigenvalue weighted by atomic mass is 10.0. The third-order valence-electron chi connectivity index (χ3n) is 6.04. The molecule has 1 aliphatic heterocycles. The highest BCUT2D eigenvalue weighted by Gasteiger charge is 2.26. The van der Waals surface area contributed by atoms with Crippen molar-refractivity contribution >= 4 is 29.0 Å². The highest BCUT2D eigenvalue weighted by Crippen LogP contribution is 2.33. The van der Waals surface area contributed by atoms with Crippen LogP contribution < -0.4 is 16.9 Å². The fourth-order valence-corrected chi connectivity index (χ4v) is 4.49. The maximum Gasteiger partial charge on any atom is 0.243 e. The number of likely N-dealkylation sites (tertiary alicyclic amines) is 1. The number of nitrogens with zero attached hydrogens (tertiary/aromatic N) is 2. The smallest absolute Gasteiger partial charge is 0.243 e. The zero-order chi connectivity index (χ0) is 32.9. The molecule has 0 radical (unpaired) electrons. The third-order valence-corrected chi connectivity index (χ3v) is 7.14. The van der Waals surface area contributed by atoms with Crippen molar-refractivity contribution < 1.29 is 14.7 Å². The minimum atomic E-state index is -0.391. The highest BCUT2D eigenvalue weighted by atomic mass is 32.2. The number of rotatable bonds is 9. The average molecular weight is 616 g/mol. The van der Waals surface area contributed by atoms with Crippen LogP contribution in [0.4, 0.5) is 0 Å². The lowest BCUT2D eigenvalue weighted by Gasteiger charge is -2.20. The SMILES string of the molecule is CC.CC(C)C.CCC#CSC(=C(C)C)c1ccc(C(C)NC=O)cc1.N/C(=C\N(N)CC(=O)N1CCC(O)C1)C1CC1. The summed E-state index contributed by atoms with van der Waals surface area (Å²) >= 11 is 1.58. The Bertz CT molecular complexity index is 1060. The number of carbonyl (C=O) groups excluding carboxylic acids is 2. The number of thioether (sulfide) groups is 1. The summed E-state index contributed by atoms with van der Waals surface area (Å²) in [5, 5.41) is 16.6. The molecule has 1 saturated carbocycles. The third kappa shape index (κ3) is 17.7. The van der Waals surface area contributed by atoms with Crippen molar-refractivity contribution in [2.45, 2.75) is 100 Å². The quantitative estimate of drug-likeness (QED) is 0.116. The van der Waals surface area contributed by atoms with E-state index < -0.39 is 6.10 Å². The predicted octanol–water partition coefficient (Wildman–Crippen LogP) is 6.00. The number of amides is 2. The molecule has 1 heterocycles. The zero-order valence-corrected chi connectivity index (χ0v) is 28.8. The first-order valence-corrected chi connectivity index (χ1v) is 16.3. The molecule has 2 unspecified atom stereocenters. The van der Waals surface area contributed by atoms with Crippen molar-refractivity contribution in [1.82, 2.24) is 15.2 Å². The van der Waals surface area contributed by atoms with Crippen molar-refractivity contribution in [3.63, 3.8) is 0 Å². The Morgan fingerprint density at radius 1 is 1.16 bits per heavy atom. The monoisotopic (exact) mass is 615 g/mol. The molecule has 0 bridgehead atoms. The summed E-state index contributed by atoms with van der Waals surface area (Å²) in [6, 6.07) is 8.30. The summed E-state index contributed by atoms with van der Waals surface area (Å²) in [5.41, 5.74) is 10.1. The van der Waals surface area contributed by atoms with Gasteiger partial charge in [-0.1, -0.05) is 77.3 Å². The van der Waals surface area contributed by atoms with Crippen molar-refractivity contribution in [1.29, 1.82) is 0 Å². The van der Waals surface area contributed by atoms with Crippen molar-refractivity contribution in [3.8, 4) is 11.2 Å². The Hall–Kier alpha value is -2.93. The lowest BCUT2D eigenvalue weighted by molar-refractivity contribution is -0.131. The van der Waals surface area contributed by atoms with E-state index in [4.69, 9.17) is 11.6 Å². The number of hydrazine groups is 1. The molecule has 2 atom stereocenters. The van der Waals surface area contributed by atoms with Gasteiger partial charge in [-0.25, -0.2) is 5.84 Å². The maximum atomic E-state index is 11.8. The molecule has 8 nitrogen and oxygen atoms in total. The molecule has 6 N–H and O–H groups in total. The minimum Gasteiger partial charge on any atom is -0.401 e. The van der Waals surface area contributed by atoms with Crippen LogP contribution in [0.25, 0.3) is 4.91 Å². The Morgan fingerprint density at radius 3 is 2.19 bits per heavy atom. The molecule has 43 heavy (non-hydrogen) atoms. The average Bonchev–Trinajstić information content (AvgIpc) is 3.72. The van der Waals surface area contributed by atoms with E-state index in [2.05, 4.69) is 63.2 Å². The number of nitrogens with one attached hydrogen (secondary N) is 1. The van der Waals surface area contributed by atoms with E-state index in [1.807, 2.05) is 39.8 Å². The van der Waals surface area contributed by atoms with Gasteiger partial charge in [0.05, 0.1) is 12.1 Å². The highest BCUT2D eigenvalue weighted by molar-refractivity contribution is 8.12. The molecule has 0 spiro atoms. The molecule has 9 heteroatoms. The first-order chi connectivity index (χ1) is 20.4. The van der Waals surface area contributed by atoms with E-state index in [0.29, 0.717) is 25.4 Å². The largest absolute Gasteiger partial charge is 0.401 e. The number of β-amino-alcohol motifs (C(OH)–C–C–N with tert-alkyl or cyclic N) is 1. The van der Waals surface area contributed by atoms with Crippen LogP contribution in [-0.4, -0.2) is 53.1 Å². The second kappa shape index (κ2) is 22.6. The summed E-state index contributed by atoms with van der Waals surface area (Å²) in [6.45, 7) is 19.8. The summed E-state index contributed by atoms with van der Waals surface area (Å²) < 4.78 is 0. The summed E-state index contributed by atoms with van der Waals surface area (Å²) in [4.78, 5) is 25.1. The van der Waals surface area contributed by atoms with Crippen LogP contribution in [0.15, 0.2) is 41.7 Å². The number of aliphatic hydroxyl groups is 1. The topological polar surface area (TPSA) is 125 Å². The van der Waals surface area contributed by atoms with Crippen molar-refractivity contribution in [3.05, 3.63) is 52.9 Å². The number of allylic oxidation sites excluding steroid dienone is 2. The normalized spacial score (nSPS) is 16.0. The standard InChI is InChI=1S/C17H21NOS.C11H20N4O2.C4H10.C2H6/c1-5-6-11-20-17(13(2)3)16-9-7-15(8-10-16)14(4)18-12-19;12-10(8-1-2-8)6-15(13)7-11(17)14-4-3-9(16)5-14;1-4(2)3;1-2/h7-10,12,14H,5H2,1-4H3,(H,18,19);6,8-9,16H,1-5,7,12-13H2;4H,1-3H3;1-2H3/b;10-6-;;. The molecule has 3 rings (SSSR count). The van der Waals surface area contributed by atoms with Crippen LogP contribution in [-0.2, 0) is 9.59 Å². The van der Waals surface area contributed by atoms with E-state index in [-0.39, 0.29) is 18.5 Å². The van der Waals surface area contributed by atoms with Gasteiger partial charge in [0.25, 0.3) is 0 Å². The van der Waals surface area contributed by atoms with E-state index in [0.717, 1.165) is 42.9 Å². The number of aliphatic hydroxyl groups excluding tert-OH is 1. The van der Waals surface area contributed by atoms with Gasteiger partial charge in [-0.3, -0.25) is 9.59 Å². The summed E-state index contributed by atoms with van der Waals surface area (Å²) in [6.07, 6.45) is 5.73. The van der Waals surface area contributed by atoms with E-state index in [9.17, 15) is 14.7 Å². The molecule has 1 aromatic rings. The van der Waals surface area contributed by atoms with E-state index >= 15 is 0 Å². The van der Waals surface area contributed by atoms with Gasteiger partial charge in [-0.2, -0.15) is 0 Å². The van der Waals surface area contributed by atoms with Gasteiger partial charge in [-0.15, -0.1) is 0 Å². The second-order valence-electron chi connectivity index (χ2n) is 11.3. The molecular formula is C34H57N5O3S. The summed E-state index contributed by atoms with van der Waals surface area (Å²) in [7, 11) is 0. The van der Waals surface area contributed by atoms with Crippen LogP contribution in [0.5, 0.6) is 0 Å². The van der Waals surface area contributed by atoms with Crippen LogP contribution in [0, 0.1) is 23.0 Å². The van der Waals surface area contributed by atoms with E-state index in [1.54, 1.807) is 22.9 Å². The van der Waals surface area contributed by atoms with Crippen LogP contribution in [0.1, 0.15) is 105 Å². The van der Waals surface area contributed by atoms with Crippen LogP contribution >= 0.6 is 11.8 Å². The number of carbonyl (C=O) groups is 2. The van der Waals surface area contributed by atoms with Crippen molar-refractivity contribution in [2.75, 3.05) is 19.6 Å². The number of hydrogen-bond donors (Lipinski definition) is 4. The molecule has 1 aliphatic carbocycles. The molecule has 0 aromatic heterocycles. The Morgan fingerprint density at radius 2 is 1.74 bits per heavy atom. The fourth-order valence-electron chi connectivity index (χ4n) is 3.71. The van der Waals surface area contributed by atoms with Gasteiger partial charge in [0.15, 0.2) is 0 Å². The first kappa shape index (κ1) is 40.1. The molecular weight excluding hydrogens is 558 g/mol. The Kier molecular flexibility index (Phi) is 21.0. The fraction of sp³-hybridized carbons (Fsp3) is 0.588. The van der Waals surface area contributed by atoms with Gasteiger partial charge < -0.3 is 26.1 Å². The summed E-state index contributed by atoms with van der Waals surface area (Å²) in [5.74, 6) is 10.0. The predicted molar refractivity (Wildman–Crippen MR) is 183 cm³/mol. The number of benzene rings is 1. The molecule has 242 valence electrons. The number of hydrogen-bond acceptors (Lipinski definition) is 7. The molecule has 2 aliphatic rings. The van der Waals surface area contributed by atoms with Gasteiger partial charge >= 0.3 is 0 Å². The maximum absolute atomic E-state index is 11.8. The molecule has 1 saturated heterocycles. The van der Waals surface area contributed by atoms with E-state index in [1.165, 1.54) is 21.1 Å². The van der Waals surface area contributed by atoms with Gasteiger partial charge in [0.2, 0.25) is 12.3 Å². The number of nitrogens with two attached hydrogens (primary N) is 2. The molecule has 2 fully saturated rings. The Labute approximate surface area is 265 Å². The first-order valence-electron chi connectivity index (χ1n) is 15.5. The van der Waals surface area contributed by atoms with Crippen LogP contribution in [0.2, 0.25) is 0 Å². The van der Waals surface area contributed by atoms with Gasteiger partial charge in [0, 0.05) is 42.2 Å². The molecule has 1 aromatic carbocycles. The lowest BCUT2D eigenvalue weighted by Crippen LogP contribution is -2.40. The zero-order valence-electron chi connectivity index (χ0n) is 27.9. The second-order valence-corrected chi connectivity index (χ2v) is 12.1. The minimum absolute atomic E-state index is 0.0317. The van der Waals surface area contributed by atoms with Gasteiger partial charge in [-0.05, 0) is 74.1 Å². The molecule has 2 amide bonds. The van der Waals surface area contributed by atoms with Crippen molar-refractivity contribution in [2.24, 2.45) is 23.4 Å². The van der Waals surface area contributed by atoms with Crippen LogP contribution in [0.3, 0.4) is 0 Å². The van der Waals surface area contributed by atoms with Gasteiger partial charge in [0.1, 0.15) is 6.54 Å². The Balaban J connectivity index is 0.000000699.